The Balaban J connectivity index is 3.31. The number of alkyl halides is 3. The van der Waals surface area contributed by atoms with Gasteiger partial charge in [-0.15, -0.1) is 0 Å². The summed E-state index contributed by atoms with van der Waals surface area (Å²) in [6.07, 6.45) is -0.408. The van der Waals surface area contributed by atoms with Crippen LogP contribution in [0.4, 0.5) is 18.9 Å². The minimum Gasteiger partial charge on any atom is -0.506 e. The number of benzene rings is 1. The highest BCUT2D eigenvalue weighted by atomic mass is 19.4. The Labute approximate surface area is 123 Å². The van der Waals surface area contributed by atoms with Crippen LogP contribution in [-0.4, -0.2) is 11.1 Å². The maximum atomic E-state index is 12.8. The number of halogens is 3. The zero-order chi connectivity index (χ0) is 16.2. The summed E-state index contributed by atoms with van der Waals surface area (Å²) < 4.78 is 38.5. The van der Waals surface area contributed by atoms with E-state index in [0.717, 1.165) is 12.1 Å². The average molecular weight is 301 g/mol. The van der Waals surface area contributed by atoms with Gasteiger partial charge < -0.3 is 10.4 Å². The Bertz CT molecular complexity index is 507. The van der Waals surface area contributed by atoms with Gasteiger partial charge in [-0.2, -0.15) is 13.2 Å². The van der Waals surface area contributed by atoms with E-state index in [0.29, 0.717) is 17.7 Å². The molecule has 2 nitrogen and oxygen atoms in total. The zero-order valence-electron chi connectivity index (χ0n) is 12.8. The first-order valence-corrected chi connectivity index (χ1v) is 7.04. The molecule has 0 amide bonds. The molecule has 0 radical (unpaired) electrons. The zero-order valence-corrected chi connectivity index (χ0v) is 12.8. The van der Waals surface area contributed by atoms with E-state index in [4.69, 9.17) is 0 Å². The summed E-state index contributed by atoms with van der Waals surface area (Å²) in [6, 6.07) is 1.85. The molecule has 1 aromatic carbocycles. The number of anilines is 1. The summed E-state index contributed by atoms with van der Waals surface area (Å²) in [5.41, 5.74) is -0.163. The smallest absolute Gasteiger partial charge is 0.416 e. The summed E-state index contributed by atoms with van der Waals surface area (Å²) in [5.74, 6) is -0.0947. The van der Waals surface area contributed by atoms with E-state index >= 15 is 0 Å². The third kappa shape index (κ3) is 4.69. The Kier molecular flexibility index (Phi) is 5.70. The van der Waals surface area contributed by atoms with E-state index in [9.17, 15) is 18.3 Å². The number of allylic oxidation sites excluding steroid dienone is 1. The molecule has 21 heavy (non-hydrogen) atoms. The molecule has 0 bridgehead atoms. The fourth-order valence-electron chi connectivity index (χ4n) is 1.74. The lowest BCUT2D eigenvalue weighted by Gasteiger charge is -2.22. The second-order valence-corrected chi connectivity index (χ2v) is 5.45. The van der Waals surface area contributed by atoms with Gasteiger partial charge >= 0.3 is 6.18 Å². The van der Waals surface area contributed by atoms with Crippen molar-refractivity contribution in [2.45, 2.75) is 46.3 Å². The van der Waals surface area contributed by atoms with Crippen LogP contribution in [0.15, 0.2) is 18.2 Å². The van der Waals surface area contributed by atoms with Crippen LogP contribution in [0, 0.1) is 5.92 Å². The van der Waals surface area contributed by atoms with Crippen LogP contribution in [0.1, 0.15) is 45.2 Å². The average Bonchev–Trinajstić information content (AvgIpc) is 2.37. The number of rotatable bonds is 5. The highest BCUT2D eigenvalue weighted by Gasteiger charge is 2.32. The second-order valence-electron chi connectivity index (χ2n) is 5.45. The van der Waals surface area contributed by atoms with Gasteiger partial charge in [0.25, 0.3) is 0 Å². The summed E-state index contributed by atoms with van der Waals surface area (Å²) in [5, 5.41) is 13.1. The standard InChI is InChI=1S/C16H22F3NO/c1-5-6-7-12-8-13(16(17,18)19)9-14(21)15(12)20-11(4)10(2)3/h6-11,20-21H,5H2,1-4H3/b7-6-/t11-/m0/s1. The van der Waals surface area contributed by atoms with Crippen molar-refractivity contribution in [1.29, 1.82) is 0 Å². The van der Waals surface area contributed by atoms with E-state index < -0.39 is 11.7 Å². The molecule has 1 aromatic rings. The lowest BCUT2D eigenvalue weighted by Crippen LogP contribution is -2.22. The van der Waals surface area contributed by atoms with Gasteiger partial charge in [-0.25, -0.2) is 0 Å². The molecule has 0 unspecified atom stereocenters. The van der Waals surface area contributed by atoms with Crippen LogP contribution < -0.4 is 5.32 Å². The summed E-state index contributed by atoms with van der Waals surface area (Å²) in [4.78, 5) is 0. The maximum absolute atomic E-state index is 12.8. The molecule has 118 valence electrons. The molecular weight excluding hydrogens is 279 g/mol. The number of phenolic OH excluding ortho intramolecular Hbond substituents is 1. The van der Waals surface area contributed by atoms with Crippen LogP contribution >= 0.6 is 0 Å². The van der Waals surface area contributed by atoms with Gasteiger partial charge in [0.2, 0.25) is 0 Å². The van der Waals surface area contributed by atoms with E-state index in [2.05, 4.69) is 5.32 Å². The minimum absolute atomic E-state index is 0.0291. The van der Waals surface area contributed by atoms with E-state index in [1.54, 1.807) is 12.2 Å². The highest BCUT2D eigenvalue weighted by Crippen LogP contribution is 2.38. The molecule has 0 spiro atoms. The molecule has 1 atom stereocenters. The lowest BCUT2D eigenvalue weighted by molar-refractivity contribution is -0.137. The van der Waals surface area contributed by atoms with Crippen molar-refractivity contribution < 1.29 is 18.3 Å². The van der Waals surface area contributed by atoms with Crippen molar-refractivity contribution in [3.63, 3.8) is 0 Å². The number of nitrogens with one attached hydrogen (secondary N) is 1. The van der Waals surface area contributed by atoms with Crippen molar-refractivity contribution in [3.8, 4) is 5.75 Å². The summed E-state index contributed by atoms with van der Waals surface area (Å²) >= 11 is 0. The van der Waals surface area contributed by atoms with Crippen molar-refractivity contribution in [2.24, 2.45) is 5.92 Å². The van der Waals surface area contributed by atoms with Crippen LogP contribution in [0.25, 0.3) is 6.08 Å². The fraction of sp³-hybridized carbons (Fsp3) is 0.500. The predicted molar refractivity (Wildman–Crippen MR) is 80.4 cm³/mol. The predicted octanol–water partition coefficient (Wildman–Crippen LogP) is 5.29. The molecule has 2 N–H and O–H groups in total. The van der Waals surface area contributed by atoms with Gasteiger partial charge in [-0.05, 0) is 31.4 Å². The van der Waals surface area contributed by atoms with E-state index in [-0.39, 0.29) is 17.7 Å². The van der Waals surface area contributed by atoms with Gasteiger partial charge in [-0.3, -0.25) is 0 Å². The minimum atomic E-state index is -4.48. The molecule has 0 aliphatic carbocycles. The van der Waals surface area contributed by atoms with Gasteiger partial charge in [-0.1, -0.05) is 32.9 Å². The fourth-order valence-corrected chi connectivity index (χ4v) is 1.74. The molecule has 0 aliphatic heterocycles. The normalized spacial score (nSPS) is 13.9. The topological polar surface area (TPSA) is 32.3 Å². The Morgan fingerprint density at radius 1 is 1.24 bits per heavy atom. The quantitative estimate of drug-likeness (QED) is 0.724. The number of aromatic hydroxyl groups is 1. The molecule has 0 aromatic heterocycles. The second kappa shape index (κ2) is 6.87. The van der Waals surface area contributed by atoms with Crippen molar-refractivity contribution in [1.82, 2.24) is 0 Å². The third-order valence-electron chi connectivity index (χ3n) is 3.38. The largest absolute Gasteiger partial charge is 0.506 e. The Morgan fingerprint density at radius 3 is 2.33 bits per heavy atom. The van der Waals surface area contributed by atoms with Crippen molar-refractivity contribution in [3.05, 3.63) is 29.3 Å². The van der Waals surface area contributed by atoms with Crippen molar-refractivity contribution >= 4 is 11.8 Å². The first kappa shape index (κ1) is 17.4. The van der Waals surface area contributed by atoms with Crippen LogP contribution in [0.5, 0.6) is 5.75 Å². The SMILES string of the molecule is CC/C=C\c1cc(C(F)(F)F)cc(O)c1N[C@@H](C)C(C)C. The van der Waals surface area contributed by atoms with Crippen LogP contribution in [0.2, 0.25) is 0 Å². The number of phenols is 1. The van der Waals surface area contributed by atoms with Gasteiger partial charge in [0.15, 0.2) is 0 Å². The molecule has 0 fully saturated rings. The first-order valence-electron chi connectivity index (χ1n) is 7.04. The number of hydrogen-bond donors (Lipinski definition) is 2. The molecule has 0 heterocycles. The molecule has 1 rings (SSSR count). The van der Waals surface area contributed by atoms with Crippen LogP contribution in [0.3, 0.4) is 0 Å². The third-order valence-corrected chi connectivity index (χ3v) is 3.38. The van der Waals surface area contributed by atoms with Crippen molar-refractivity contribution in [2.75, 3.05) is 5.32 Å². The first-order chi connectivity index (χ1) is 9.66. The molecular formula is C16H22F3NO. The van der Waals surface area contributed by atoms with E-state index in [1.807, 2.05) is 27.7 Å². The molecule has 0 aliphatic rings. The highest BCUT2D eigenvalue weighted by molar-refractivity contribution is 5.74. The monoisotopic (exact) mass is 301 g/mol. The molecule has 5 heteroatoms. The maximum Gasteiger partial charge on any atom is 0.416 e. The Morgan fingerprint density at radius 2 is 1.86 bits per heavy atom. The van der Waals surface area contributed by atoms with Gasteiger partial charge in [0.1, 0.15) is 5.75 Å². The van der Waals surface area contributed by atoms with E-state index in [1.165, 1.54) is 0 Å². The van der Waals surface area contributed by atoms with Crippen LogP contribution in [-0.2, 0) is 6.18 Å². The summed E-state index contributed by atoms with van der Waals surface area (Å²) in [7, 11) is 0. The van der Waals surface area contributed by atoms with Gasteiger partial charge in [0.05, 0.1) is 11.3 Å². The lowest BCUT2D eigenvalue weighted by atomic mass is 10.0. The molecule has 0 saturated carbocycles. The van der Waals surface area contributed by atoms with Gasteiger partial charge in [0, 0.05) is 11.6 Å². The Hall–Kier alpha value is -1.65. The number of hydrogen-bond acceptors (Lipinski definition) is 2. The summed E-state index contributed by atoms with van der Waals surface area (Å²) in [6.45, 7) is 7.82. The molecule has 0 saturated heterocycles.